The van der Waals surface area contributed by atoms with Gasteiger partial charge in [0.1, 0.15) is 0 Å². The van der Waals surface area contributed by atoms with Crippen LogP contribution in [0, 0.1) is 0 Å². The quantitative estimate of drug-likeness (QED) is 0.848. The molecule has 116 valence electrons. The number of pyridine rings is 1. The van der Waals surface area contributed by atoms with Gasteiger partial charge in [0.05, 0.1) is 6.26 Å². The van der Waals surface area contributed by atoms with Crippen LogP contribution in [0.4, 0.5) is 0 Å². The molecule has 0 N–H and O–H groups in total. The van der Waals surface area contributed by atoms with Gasteiger partial charge in [-0.05, 0) is 49.9 Å². The maximum atomic E-state index is 11.9. The summed E-state index contributed by atoms with van der Waals surface area (Å²) >= 11 is 0. The molecule has 21 heavy (non-hydrogen) atoms. The number of aromatic nitrogens is 1. The molecule has 0 saturated carbocycles. The van der Waals surface area contributed by atoms with Gasteiger partial charge in [-0.25, -0.2) is 12.7 Å². The van der Waals surface area contributed by atoms with Crippen LogP contribution in [0.5, 0.6) is 0 Å². The molecule has 0 bridgehead atoms. The van der Waals surface area contributed by atoms with E-state index in [0.29, 0.717) is 13.1 Å². The zero-order valence-electron chi connectivity index (χ0n) is 12.5. The highest BCUT2D eigenvalue weighted by Crippen LogP contribution is 2.38. The predicted octanol–water partition coefficient (Wildman–Crippen LogP) is 1.47. The average molecular weight is 309 g/mol. The number of nitrogens with zero attached hydrogens (tertiary/aromatic N) is 3. The zero-order chi connectivity index (χ0) is 14.9. The third-order valence-corrected chi connectivity index (χ3v) is 6.10. The number of hydrogen-bond acceptors (Lipinski definition) is 4. The standard InChI is InChI=1S/C15H23N3O2S/c1-21(19,20)18-11-3-7-15(13-18)6-2-10-17(15)12-14-4-8-16-9-5-14/h4-5,8-9H,2-3,6-7,10-13H2,1H3. The maximum Gasteiger partial charge on any atom is 0.211 e. The Labute approximate surface area is 127 Å². The van der Waals surface area contributed by atoms with E-state index in [1.807, 2.05) is 24.5 Å². The van der Waals surface area contributed by atoms with Crippen molar-refractivity contribution in [2.45, 2.75) is 37.8 Å². The van der Waals surface area contributed by atoms with Crippen molar-refractivity contribution in [3.63, 3.8) is 0 Å². The average Bonchev–Trinajstić information content (AvgIpc) is 2.81. The van der Waals surface area contributed by atoms with E-state index in [0.717, 1.165) is 38.8 Å². The Morgan fingerprint density at radius 1 is 1.19 bits per heavy atom. The van der Waals surface area contributed by atoms with E-state index in [1.54, 1.807) is 4.31 Å². The minimum Gasteiger partial charge on any atom is -0.292 e. The molecule has 2 fully saturated rings. The number of piperidine rings is 1. The summed E-state index contributed by atoms with van der Waals surface area (Å²) in [6.07, 6.45) is 9.29. The molecular weight excluding hydrogens is 286 g/mol. The van der Waals surface area contributed by atoms with Crippen LogP contribution in [0.2, 0.25) is 0 Å². The first-order chi connectivity index (χ1) is 10.00. The van der Waals surface area contributed by atoms with E-state index in [-0.39, 0.29) is 5.54 Å². The molecule has 3 rings (SSSR count). The molecule has 0 amide bonds. The van der Waals surface area contributed by atoms with Gasteiger partial charge in [0.15, 0.2) is 0 Å². The third kappa shape index (κ3) is 3.12. The molecule has 0 radical (unpaired) electrons. The predicted molar refractivity (Wildman–Crippen MR) is 82.3 cm³/mol. The van der Waals surface area contributed by atoms with E-state index in [1.165, 1.54) is 11.8 Å². The van der Waals surface area contributed by atoms with Gasteiger partial charge in [-0.3, -0.25) is 9.88 Å². The zero-order valence-corrected chi connectivity index (χ0v) is 13.3. The van der Waals surface area contributed by atoms with Crippen molar-refractivity contribution in [1.29, 1.82) is 0 Å². The second-order valence-electron chi connectivity index (χ2n) is 6.31. The van der Waals surface area contributed by atoms with Crippen LogP contribution in [0.15, 0.2) is 24.5 Å². The van der Waals surface area contributed by atoms with Crippen molar-refractivity contribution in [3.8, 4) is 0 Å². The van der Waals surface area contributed by atoms with Crippen LogP contribution in [0.1, 0.15) is 31.2 Å². The highest BCUT2D eigenvalue weighted by molar-refractivity contribution is 7.88. The first-order valence-corrected chi connectivity index (χ1v) is 9.44. The van der Waals surface area contributed by atoms with Crippen LogP contribution in [-0.2, 0) is 16.6 Å². The number of hydrogen-bond donors (Lipinski definition) is 0. The highest BCUT2D eigenvalue weighted by Gasteiger charge is 2.45. The summed E-state index contributed by atoms with van der Waals surface area (Å²) in [7, 11) is -3.09. The molecule has 1 atom stereocenters. The fourth-order valence-corrected chi connectivity index (χ4v) is 4.70. The molecule has 0 aromatic carbocycles. The van der Waals surface area contributed by atoms with E-state index in [9.17, 15) is 8.42 Å². The number of sulfonamides is 1. The van der Waals surface area contributed by atoms with Crippen molar-refractivity contribution in [2.75, 3.05) is 25.9 Å². The number of likely N-dealkylation sites (tertiary alicyclic amines) is 1. The molecule has 6 heteroatoms. The first-order valence-electron chi connectivity index (χ1n) is 7.59. The lowest BCUT2D eigenvalue weighted by Crippen LogP contribution is -2.56. The van der Waals surface area contributed by atoms with E-state index >= 15 is 0 Å². The largest absolute Gasteiger partial charge is 0.292 e. The van der Waals surface area contributed by atoms with Gasteiger partial charge in [0.25, 0.3) is 0 Å². The summed E-state index contributed by atoms with van der Waals surface area (Å²) in [6, 6.07) is 4.09. The minimum atomic E-state index is -3.09. The molecule has 5 nitrogen and oxygen atoms in total. The molecule has 2 saturated heterocycles. The Morgan fingerprint density at radius 2 is 1.86 bits per heavy atom. The van der Waals surface area contributed by atoms with Gasteiger partial charge in [-0.2, -0.15) is 0 Å². The molecule has 1 aromatic rings. The second kappa shape index (κ2) is 5.66. The van der Waals surface area contributed by atoms with Crippen molar-refractivity contribution in [3.05, 3.63) is 30.1 Å². The lowest BCUT2D eigenvalue weighted by Gasteiger charge is -2.45. The van der Waals surface area contributed by atoms with Crippen molar-refractivity contribution >= 4 is 10.0 Å². The molecule has 1 spiro atoms. The Bertz CT molecular complexity index is 590. The number of rotatable bonds is 3. The second-order valence-corrected chi connectivity index (χ2v) is 8.29. The van der Waals surface area contributed by atoms with Gasteiger partial charge < -0.3 is 0 Å². The first kappa shape index (κ1) is 14.9. The topological polar surface area (TPSA) is 53.5 Å². The van der Waals surface area contributed by atoms with Crippen molar-refractivity contribution < 1.29 is 8.42 Å². The molecule has 2 aliphatic heterocycles. The van der Waals surface area contributed by atoms with Crippen molar-refractivity contribution in [2.24, 2.45) is 0 Å². The van der Waals surface area contributed by atoms with Gasteiger partial charge in [0.2, 0.25) is 10.0 Å². The van der Waals surface area contributed by atoms with Crippen LogP contribution in [0.3, 0.4) is 0 Å². The normalized spacial score (nSPS) is 28.2. The van der Waals surface area contributed by atoms with E-state index in [4.69, 9.17) is 0 Å². The lowest BCUT2D eigenvalue weighted by atomic mass is 9.87. The minimum absolute atomic E-state index is 0.0323. The van der Waals surface area contributed by atoms with Crippen LogP contribution in [-0.4, -0.2) is 54.0 Å². The fourth-order valence-electron chi connectivity index (χ4n) is 3.77. The Balaban J connectivity index is 1.79. The van der Waals surface area contributed by atoms with Crippen LogP contribution in [0.25, 0.3) is 0 Å². The Kier molecular flexibility index (Phi) is 4.03. The summed E-state index contributed by atoms with van der Waals surface area (Å²) in [5.41, 5.74) is 1.28. The van der Waals surface area contributed by atoms with E-state index < -0.39 is 10.0 Å². The molecule has 2 aliphatic rings. The molecular formula is C15H23N3O2S. The smallest absolute Gasteiger partial charge is 0.211 e. The van der Waals surface area contributed by atoms with Crippen LogP contribution >= 0.6 is 0 Å². The summed E-state index contributed by atoms with van der Waals surface area (Å²) in [5, 5.41) is 0. The highest BCUT2D eigenvalue weighted by atomic mass is 32.2. The summed E-state index contributed by atoms with van der Waals surface area (Å²) in [4.78, 5) is 6.55. The Morgan fingerprint density at radius 3 is 2.52 bits per heavy atom. The van der Waals surface area contributed by atoms with Crippen molar-refractivity contribution in [1.82, 2.24) is 14.2 Å². The van der Waals surface area contributed by atoms with Gasteiger partial charge in [0, 0.05) is 37.6 Å². The van der Waals surface area contributed by atoms with Gasteiger partial charge in [-0.15, -0.1) is 0 Å². The van der Waals surface area contributed by atoms with E-state index in [2.05, 4.69) is 9.88 Å². The molecule has 3 heterocycles. The fraction of sp³-hybridized carbons (Fsp3) is 0.667. The monoisotopic (exact) mass is 309 g/mol. The molecule has 1 unspecified atom stereocenters. The maximum absolute atomic E-state index is 11.9. The Hall–Kier alpha value is -0.980. The van der Waals surface area contributed by atoms with Gasteiger partial charge in [-0.1, -0.05) is 0 Å². The third-order valence-electron chi connectivity index (χ3n) is 4.85. The molecule has 1 aromatic heterocycles. The van der Waals surface area contributed by atoms with Gasteiger partial charge >= 0.3 is 0 Å². The summed E-state index contributed by atoms with van der Waals surface area (Å²) < 4.78 is 25.4. The summed E-state index contributed by atoms with van der Waals surface area (Å²) in [5.74, 6) is 0. The van der Waals surface area contributed by atoms with Crippen LogP contribution < -0.4 is 0 Å². The summed E-state index contributed by atoms with van der Waals surface area (Å²) in [6.45, 7) is 3.26. The molecule has 0 aliphatic carbocycles. The SMILES string of the molecule is CS(=O)(=O)N1CCCC2(CCCN2Cc2ccncc2)C1. The lowest BCUT2D eigenvalue weighted by molar-refractivity contribution is 0.0681.